The first-order chi connectivity index (χ1) is 11.3. The smallest absolute Gasteiger partial charge is 0.316 e. The Balaban J connectivity index is -0.000000311. The molecule has 0 spiro atoms. The maximum absolute atomic E-state index is 10.9. The van der Waals surface area contributed by atoms with E-state index in [0.717, 1.165) is 0 Å². The van der Waals surface area contributed by atoms with E-state index in [4.69, 9.17) is 0 Å². The monoisotopic (exact) mass is 362 g/mol. The van der Waals surface area contributed by atoms with Crippen molar-refractivity contribution in [2.24, 2.45) is 16.7 Å². The molecule has 0 aliphatic heterocycles. The summed E-state index contributed by atoms with van der Waals surface area (Å²) in [5.74, 6) is -1.26. The molecule has 0 saturated heterocycles. The van der Waals surface area contributed by atoms with Gasteiger partial charge in [-0.2, -0.15) is 0 Å². The van der Waals surface area contributed by atoms with Crippen molar-refractivity contribution in [2.75, 3.05) is 20.8 Å². The van der Waals surface area contributed by atoms with Gasteiger partial charge in [0.25, 0.3) is 6.47 Å². The number of hydrogen-bond donors (Lipinski definition) is 0. The molecule has 0 aliphatic rings. The SMILES string of the molecule is CCOC=O.COC(=O)C(C=O)C(C)(C)C.COC(=O)CC(C)(C)C. The van der Waals surface area contributed by atoms with Crippen molar-refractivity contribution in [3.8, 4) is 0 Å². The summed E-state index contributed by atoms with van der Waals surface area (Å²) >= 11 is 0. The molecule has 1 unspecified atom stereocenters. The highest BCUT2D eigenvalue weighted by Crippen LogP contribution is 2.24. The summed E-state index contributed by atoms with van der Waals surface area (Å²) in [6, 6.07) is 0. The predicted octanol–water partition coefficient (Wildman–Crippen LogP) is 2.80. The van der Waals surface area contributed by atoms with Crippen LogP contribution in [0.1, 0.15) is 54.9 Å². The van der Waals surface area contributed by atoms with E-state index in [1.165, 1.54) is 14.2 Å². The van der Waals surface area contributed by atoms with Gasteiger partial charge >= 0.3 is 11.9 Å². The Morgan fingerprint density at radius 2 is 1.44 bits per heavy atom. The highest BCUT2D eigenvalue weighted by Gasteiger charge is 2.31. The van der Waals surface area contributed by atoms with E-state index < -0.39 is 11.9 Å². The van der Waals surface area contributed by atoms with Crippen LogP contribution < -0.4 is 0 Å². The molecule has 0 fully saturated rings. The largest absolute Gasteiger partial charge is 0.469 e. The maximum atomic E-state index is 10.9. The quantitative estimate of drug-likeness (QED) is 0.321. The molecule has 0 rings (SSSR count). The molecule has 25 heavy (non-hydrogen) atoms. The van der Waals surface area contributed by atoms with E-state index in [1.54, 1.807) is 6.92 Å². The molecule has 0 aliphatic carbocycles. The molecule has 0 aromatic rings. The van der Waals surface area contributed by atoms with Crippen molar-refractivity contribution in [1.29, 1.82) is 0 Å². The van der Waals surface area contributed by atoms with Gasteiger partial charge in [-0.15, -0.1) is 0 Å². The van der Waals surface area contributed by atoms with Gasteiger partial charge < -0.3 is 19.0 Å². The third kappa shape index (κ3) is 20.0. The molecule has 0 heterocycles. The van der Waals surface area contributed by atoms with Crippen LogP contribution in [-0.4, -0.2) is 45.5 Å². The van der Waals surface area contributed by atoms with E-state index in [1.807, 2.05) is 41.5 Å². The standard InChI is InChI=1S/C8H14O3.C7H14O2.C3H6O2/c1-8(2,3)6(5-9)7(10)11-4;1-7(2,3)5-6(8)9-4;1-2-5-3-4/h5-6H,1-4H3;5H2,1-4H3;3H,2H2,1H3. The molecular weight excluding hydrogens is 328 g/mol. The molecule has 0 saturated carbocycles. The Hall–Kier alpha value is -1.92. The second kappa shape index (κ2) is 14.4. The van der Waals surface area contributed by atoms with E-state index in [-0.39, 0.29) is 16.8 Å². The Bertz CT molecular complexity index is 389. The molecule has 0 radical (unpaired) electrons. The van der Waals surface area contributed by atoms with Gasteiger partial charge in [0.1, 0.15) is 12.2 Å². The lowest BCUT2D eigenvalue weighted by atomic mass is 9.82. The summed E-state index contributed by atoms with van der Waals surface area (Å²) in [6.07, 6.45) is 1.12. The molecule has 148 valence electrons. The molecule has 7 nitrogen and oxygen atoms in total. The Morgan fingerprint density at radius 1 is 0.960 bits per heavy atom. The van der Waals surface area contributed by atoms with E-state index in [2.05, 4.69) is 14.2 Å². The molecule has 7 heteroatoms. The Kier molecular flexibility index (Phi) is 16.1. The zero-order valence-corrected chi connectivity index (χ0v) is 17.0. The third-order valence-electron chi connectivity index (χ3n) is 2.66. The molecule has 0 aromatic heterocycles. The number of carbonyl (C=O) groups is 4. The van der Waals surface area contributed by atoms with Crippen LogP contribution in [0.3, 0.4) is 0 Å². The average Bonchev–Trinajstić information content (AvgIpc) is 2.46. The van der Waals surface area contributed by atoms with Crippen molar-refractivity contribution >= 4 is 24.7 Å². The summed E-state index contributed by atoms with van der Waals surface area (Å²) in [6.45, 7) is 14.1. The summed E-state index contributed by atoms with van der Waals surface area (Å²) in [4.78, 5) is 41.2. The number of carbonyl (C=O) groups excluding carboxylic acids is 4. The summed E-state index contributed by atoms with van der Waals surface area (Å²) in [5.41, 5.74) is -0.304. The van der Waals surface area contributed by atoms with Crippen LogP contribution in [-0.2, 0) is 33.4 Å². The molecular formula is C18H34O7. The minimum absolute atomic E-state index is 0.0487. The van der Waals surface area contributed by atoms with Gasteiger partial charge in [-0.3, -0.25) is 14.4 Å². The van der Waals surface area contributed by atoms with Gasteiger partial charge in [0.2, 0.25) is 0 Å². The van der Waals surface area contributed by atoms with Gasteiger partial charge in [-0.05, 0) is 17.8 Å². The predicted molar refractivity (Wildman–Crippen MR) is 94.8 cm³/mol. The Labute approximate surface area is 151 Å². The van der Waals surface area contributed by atoms with Crippen LogP contribution >= 0.6 is 0 Å². The first kappa shape index (κ1) is 27.9. The number of esters is 2. The van der Waals surface area contributed by atoms with Gasteiger partial charge in [0, 0.05) is 0 Å². The van der Waals surface area contributed by atoms with Crippen molar-refractivity contribution in [3.05, 3.63) is 0 Å². The fourth-order valence-electron chi connectivity index (χ4n) is 1.31. The fourth-order valence-corrected chi connectivity index (χ4v) is 1.31. The molecule has 0 amide bonds. The molecule has 0 bridgehead atoms. The number of rotatable bonds is 5. The summed E-state index contributed by atoms with van der Waals surface area (Å²) < 4.78 is 13.1. The number of methoxy groups -OCH3 is 2. The molecule has 0 aromatic carbocycles. The van der Waals surface area contributed by atoms with Crippen molar-refractivity contribution in [2.45, 2.75) is 54.9 Å². The van der Waals surface area contributed by atoms with Gasteiger partial charge in [-0.25, -0.2) is 0 Å². The summed E-state index contributed by atoms with van der Waals surface area (Å²) in [5, 5.41) is 0. The van der Waals surface area contributed by atoms with Gasteiger partial charge in [-0.1, -0.05) is 41.5 Å². The number of ether oxygens (including phenoxy) is 3. The Morgan fingerprint density at radius 3 is 1.52 bits per heavy atom. The lowest BCUT2D eigenvalue weighted by Crippen LogP contribution is -2.30. The first-order valence-corrected chi connectivity index (χ1v) is 7.95. The van der Waals surface area contributed by atoms with Crippen molar-refractivity contribution < 1.29 is 33.4 Å². The van der Waals surface area contributed by atoms with Crippen LogP contribution in [0.4, 0.5) is 0 Å². The van der Waals surface area contributed by atoms with E-state index in [9.17, 15) is 19.2 Å². The normalized spacial score (nSPS) is 11.4. The van der Waals surface area contributed by atoms with Crippen LogP contribution in [0.25, 0.3) is 0 Å². The van der Waals surface area contributed by atoms with Crippen LogP contribution in [0.2, 0.25) is 0 Å². The van der Waals surface area contributed by atoms with Crippen molar-refractivity contribution in [3.63, 3.8) is 0 Å². The van der Waals surface area contributed by atoms with E-state index in [0.29, 0.717) is 25.8 Å². The minimum Gasteiger partial charge on any atom is -0.469 e. The second-order valence-electron chi connectivity index (χ2n) is 7.37. The van der Waals surface area contributed by atoms with Gasteiger partial charge in [0.15, 0.2) is 0 Å². The molecule has 1 atom stereocenters. The van der Waals surface area contributed by atoms with Crippen LogP contribution in [0.15, 0.2) is 0 Å². The molecule has 0 N–H and O–H groups in total. The number of aldehydes is 1. The number of hydrogen-bond acceptors (Lipinski definition) is 7. The van der Waals surface area contributed by atoms with Crippen LogP contribution in [0.5, 0.6) is 0 Å². The zero-order chi connectivity index (χ0) is 20.7. The van der Waals surface area contributed by atoms with Gasteiger partial charge in [0.05, 0.1) is 27.2 Å². The average molecular weight is 362 g/mol. The van der Waals surface area contributed by atoms with Crippen LogP contribution in [0, 0.1) is 16.7 Å². The lowest BCUT2D eigenvalue weighted by Gasteiger charge is -2.22. The maximum Gasteiger partial charge on any atom is 0.316 e. The first-order valence-electron chi connectivity index (χ1n) is 7.95. The topological polar surface area (TPSA) is 96.0 Å². The minimum atomic E-state index is -0.660. The lowest BCUT2D eigenvalue weighted by molar-refractivity contribution is -0.151. The summed E-state index contributed by atoms with van der Waals surface area (Å²) in [7, 11) is 2.69. The highest BCUT2D eigenvalue weighted by molar-refractivity contribution is 5.88. The highest BCUT2D eigenvalue weighted by atomic mass is 16.5. The van der Waals surface area contributed by atoms with E-state index >= 15 is 0 Å². The zero-order valence-electron chi connectivity index (χ0n) is 17.0. The third-order valence-corrected chi connectivity index (χ3v) is 2.66. The second-order valence-corrected chi connectivity index (χ2v) is 7.37. The van der Waals surface area contributed by atoms with Crippen molar-refractivity contribution in [1.82, 2.24) is 0 Å². The fraction of sp³-hybridized carbons (Fsp3) is 0.778.